The number of halogens is 1. The van der Waals surface area contributed by atoms with E-state index in [2.05, 4.69) is 26.4 Å². The van der Waals surface area contributed by atoms with Crippen LogP contribution in [0.1, 0.15) is 16.2 Å². The van der Waals surface area contributed by atoms with Gasteiger partial charge in [-0.15, -0.1) is 10.2 Å². The zero-order valence-electron chi connectivity index (χ0n) is 11.1. The monoisotopic (exact) mass is 292 g/mol. The number of urea groups is 1. The Morgan fingerprint density at radius 2 is 1.95 bits per heavy atom. The number of aromatic nitrogens is 3. The molecule has 0 atom stereocenters. The number of benzene rings is 1. The third-order valence-corrected chi connectivity index (χ3v) is 2.61. The summed E-state index contributed by atoms with van der Waals surface area (Å²) >= 11 is 0. The molecule has 0 bridgehead atoms. The van der Waals surface area contributed by atoms with E-state index in [1.165, 1.54) is 18.5 Å². The molecule has 0 unspecified atom stereocenters. The highest BCUT2D eigenvalue weighted by atomic mass is 19.1. The number of carbonyl (C=O) groups excluding carboxylic acids is 2. The Labute approximate surface area is 119 Å². The molecule has 0 saturated heterocycles. The van der Waals surface area contributed by atoms with Gasteiger partial charge in [0.25, 0.3) is 5.91 Å². The average Bonchev–Trinajstić information content (AvgIpc) is 2.88. The van der Waals surface area contributed by atoms with Gasteiger partial charge in [0.1, 0.15) is 12.1 Å². The Hall–Kier alpha value is -2.97. The molecule has 3 N–H and O–H groups in total. The molecular formula is C12H13FN6O2. The first kappa shape index (κ1) is 14.4. The lowest BCUT2D eigenvalue weighted by molar-refractivity contribution is 0.0936. The van der Waals surface area contributed by atoms with Gasteiger partial charge in [0, 0.05) is 12.6 Å². The average molecular weight is 292 g/mol. The second-order valence-corrected chi connectivity index (χ2v) is 4.13. The molecule has 1 aromatic carbocycles. The molecule has 1 aromatic heterocycles. The van der Waals surface area contributed by atoms with Gasteiger partial charge in [0.2, 0.25) is 0 Å². The maximum Gasteiger partial charge on any atom is 0.333 e. The largest absolute Gasteiger partial charge is 0.333 e. The van der Waals surface area contributed by atoms with Crippen LogP contribution in [0.4, 0.5) is 9.18 Å². The standard InChI is InChI=1S/C12H13FN6O2/c1-19-7-15-16-10(19)6-14-12(21)18-17-11(20)8-2-4-9(13)5-3-8/h2-5,7H,6H2,1H3,(H,17,20)(H2,14,18,21). The van der Waals surface area contributed by atoms with Crippen molar-refractivity contribution in [1.29, 1.82) is 0 Å². The Kier molecular flexibility index (Phi) is 4.44. The van der Waals surface area contributed by atoms with Gasteiger partial charge in [-0.25, -0.2) is 14.6 Å². The van der Waals surface area contributed by atoms with E-state index in [4.69, 9.17) is 0 Å². The van der Waals surface area contributed by atoms with Crippen LogP contribution >= 0.6 is 0 Å². The molecule has 1 heterocycles. The Bertz CT molecular complexity index is 639. The number of hydrazine groups is 1. The lowest BCUT2D eigenvalue weighted by Crippen LogP contribution is -2.46. The predicted molar refractivity (Wildman–Crippen MR) is 70.2 cm³/mol. The second kappa shape index (κ2) is 6.46. The van der Waals surface area contributed by atoms with Crippen molar-refractivity contribution in [2.24, 2.45) is 7.05 Å². The van der Waals surface area contributed by atoms with Crippen LogP contribution in [0.2, 0.25) is 0 Å². The van der Waals surface area contributed by atoms with Crippen LogP contribution in [0, 0.1) is 5.82 Å². The highest BCUT2D eigenvalue weighted by molar-refractivity contribution is 5.95. The van der Waals surface area contributed by atoms with E-state index in [-0.39, 0.29) is 12.1 Å². The van der Waals surface area contributed by atoms with Crippen molar-refractivity contribution < 1.29 is 14.0 Å². The van der Waals surface area contributed by atoms with Gasteiger partial charge in [-0.05, 0) is 24.3 Å². The summed E-state index contributed by atoms with van der Waals surface area (Å²) in [7, 11) is 1.74. The van der Waals surface area contributed by atoms with Crippen LogP contribution in [0.25, 0.3) is 0 Å². The van der Waals surface area contributed by atoms with Crippen LogP contribution in [0.3, 0.4) is 0 Å². The normalized spacial score (nSPS) is 10.0. The van der Waals surface area contributed by atoms with Gasteiger partial charge in [-0.2, -0.15) is 0 Å². The van der Waals surface area contributed by atoms with Gasteiger partial charge < -0.3 is 9.88 Å². The van der Waals surface area contributed by atoms with Crippen LogP contribution in [0.15, 0.2) is 30.6 Å². The molecule has 110 valence electrons. The zero-order chi connectivity index (χ0) is 15.2. The summed E-state index contributed by atoms with van der Waals surface area (Å²) in [5.74, 6) is -0.431. The van der Waals surface area contributed by atoms with E-state index >= 15 is 0 Å². The summed E-state index contributed by atoms with van der Waals surface area (Å²) in [6.45, 7) is 0.161. The van der Waals surface area contributed by atoms with Crippen molar-refractivity contribution in [3.8, 4) is 0 Å². The van der Waals surface area contributed by atoms with Gasteiger partial charge in [-0.1, -0.05) is 0 Å². The molecule has 9 heteroatoms. The summed E-state index contributed by atoms with van der Waals surface area (Å²) in [6.07, 6.45) is 1.51. The maximum atomic E-state index is 12.7. The fourth-order valence-electron chi connectivity index (χ4n) is 1.46. The number of nitrogens with zero attached hydrogens (tertiary/aromatic N) is 3. The first-order valence-corrected chi connectivity index (χ1v) is 5.99. The predicted octanol–water partition coefficient (Wildman–Crippen LogP) is 0.0984. The molecule has 0 spiro atoms. The summed E-state index contributed by atoms with van der Waals surface area (Å²) in [4.78, 5) is 23.1. The number of hydrogen-bond donors (Lipinski definition) is 3. The molecule has 8 nitrogen and oxygen atoms in total. The van der Waals surface area contributed by atoms with Crippen LogP contribution in [0.5, 0.6) is 0 Å². The molecule has 0 aliphatic heterocycles. The molecule has 2 rings (SSSR count). The molecule has 21 heavy (non-hydrogen) atoms. The van der Waals surface area contributed by atoms with Crippen molar-refractivity contribution >= 4 is 11.9 Å². The Balaban J connectivity index is 1.77. The number of amides is 3. The lowest BCUT2D eigenvalue weighted by atomic mass is 10.2. The Morgan fingerprint density at radius 3 is 2.57 bits per heavy atom. The topological polar surface area (TPSA) is 101 Å². The zero-order valence-corrected chi connectivity index (χ0v) is 11.1. The maximum absolute atomic E-state index is 12.7. The van der Waals surface area contributed by atoms with Gasteiger partial charge in [0.05, 0.1) is 6.54 Å². The summed E-state index contributed by atoms with van der Waals surface area (Å²) < 4.78 is 14.4. The summed E-state index contributed by atoms with van der Waals surface area (Å²) in [5.41, 5.74) is 4.60. The van der Waals surface area contributed by atoms with Crippen LogP contribution < -0.4 is 16.2 Å². The third-order valence-electron chi connectivity index (χ3n) is 2.61. The molecule has 0 aliphatic rings. The molecular weight excluding hydrogens is 279 g/mol. The molecule has 2 aromatic rings. The van der Waals surface area contributed by atoms with Gasteiger partial charge in [-0.3, -0.25) is 10.2 Å². The fourth-order valence-corrected chi connectivity index (χ4v) is 1.46. The van der Waals surface area contributed by atoms with E-state index in [0.717, 1.165) is 12.1 Å². The van der Waals surface area contributed by atoms with E-state index in [1.807, 2.05) is 0 Å². The highest BCUT2D eigenvalue weighted by Gasteiger charge is 2.08. The van der Waals surface area contributed by atoms with E-state index in [1.54, 1.807) is 11.6 Å². The van der Waals surface area contributed by atoms with Crippen molar-refractivity contribution in [1.82, 2.24) is 30.9 Å². The number of carbonyl (C=O) groups is 2. The SMILES string of the molecule is Cn1cnnc1CNC(=O)NNC(=O)c1ccc(F)cc1. The minimum absolute atomic E-state index is 0.161. The fraction of sp³-hybridized carbons (Fsp3) is 0.167. The molecule has 0 fully saturated rings. The quantitative estimate of drug-likeness (QED) is 0.698. The molecule has 3 amide bonds. The molecule has 0 saturated carbocycles. The highest BCUT2D eigenvalue weighted by Crippen LogP contribution is 2.01. The van der Waals surface area contributed by atoms with Gasteiger partial charge in [0.15, 0.2) is 5.82 Å². The first-order valence-electron chi connectivity index (χ1n) is 5.99. The minimum atomic E-state index is -0.603. The van der Waals surface area contributed by atoms with E-state index in [0.29, 0.717) is 5.82 Å². The lowest BCUT2D eigenvalue weighted by Gasteiger charge is -2.08. The number of aryl methyl sites for hydroxylation is 1. The van der Waals surface area contributed by atoms with Crippen molar-refractivity contribution in [2.75, 3.05) is 0 Å². The van der Waals surface area contributed by atoms with E-state index in [9.17, 15) is 14.0 Å². The van der Waals surface area contributed by atoms with Crippen LogP contribution in [-0.2, 0) is 13.6 Å². The van der Waals surface area contributed by atoms with Crippen molar-refractivity contribution in [2.45, 2.75) is 6.54 Å². The van der Waals surface area contributed by atoms with E-state index < -0.39 is 17.8 Å². The minimum Gasteiger partial charge on any atom is -0.329 e. The van der Waals surface area contributed by atoms with Crippen LogP contribution in [-0.4, -0.2) is 26.7 Å². The number of nitrogens with one attached hydrogen (secondary N) is 3. The number of hydrogen-bond acceptors (Lipinski definition) is 4. The smallest absolute Gasteiger partial charge is 0.329 e. The Morgan fingerprint density at radius 1 is 1.24 bits per heavy atom. The van der Waals surface area contributed by atoms with Crippen molar-refractivity contribution in [3.05, 3.63) is 47.8 Å². The summed E-state index contributed by atoms with van der Waals surface area (Å²) in [6, 6.07) is 4.33. The first-order chi connectivity index (χ1) is 10.1. The molecule has 0 radical (unpaired) electrons. The van der Waals surface area contributed by atoms with Crippen molar-refractivity contribution in [3.63, 3.8) is 0 Å². The second-order valence-electron chi connectivity index (χ2n) is 4.13. The number of rotatable bonds is 3. The third kappa shape index (κ3) is 4.00. The van der Waals surface area contributed by atoms with Gasteiger partial charge >= 0.3 is 6.03 Å². The summed E-state index contributed by atoms with van der Waals surface area (Å²) in [5, 5.41) is 9.94. The molecule has 0 aliphatic carbocycles.